The highest BCUT2D eigenvalue weighted by molar-refractivity contribution is 6.16. The van der Waals surface area contributed by atoms with Gasteiger partial charge >= 0.3 is 0 Å². The molecule has 0 fully saturated rings. The fraction of sp³-hybridized carbons (Fsp3) is 0.385. The number of rotatable bonds is 6. The van der Waals surface area contributed by atoms with Crippen LogP contribution in [0.3, 0.4) is 0 Å². The summed E-state index contributed by atoms with van der Waals surface area (Å²) in [5, 5.41) is 19.3. The molecule has 0 spiro atoms. The maximum absolute atomic E-state index is 11.2. The maximum atomic E-state index is 11.2. The van der Waals surface area contributed by atoms with E-state index >= 15 is 0 Å². The standard InChI is InChI=1S/C13H15ClN4O3/c1-9-4-3-5-10(18(19)20)12(9)13-16-15-11(8-14)17(13)6-7-21-2/h3-5H,6-8H2,1-2H3. The van der Waals surface area contributed by atoms with Gasteiger partial charge in [0.25, 0.3) is 5.69 Å². The summed E-state index contributed by atoms with van der Waals surface area (Å²) in [7, 11) is 1.58. The van der Waals surface area contributed by atoms with Crippen LogP contribution < -0.4 is 0 Å². The van der Waals surface area contributed by atoms with Crippen molar-refractivity contribution in [3.05, 3.63) is 39.7 Å². The van der Waals surface area contributed by atoms with Crippen molar-refractivity contribution in [3.8, 4) is 11.4 Å². The summed E-state index contributed by atoms with van der Waals surface area (Å²) >= 11 is 5.86. The minimum atomic E-state index is -0.419. The quantitative estimate of drug-likeness (QED) is 0.465. The molecule has 0 bridgehead atoms. The van der Waals surface area contributed by atoms with E-state index in [-0.39, 0.29) is 11.6 Å². The highest BCUT2D eigenvalue weighted by Gasteiger charge is 2.23. The second-order valence-electron chi connectivity index (χ2n) is 4.44. The van der Waals surface area contributed by atoms with E-state index in [1.54, 1.807) is 30.7 Å². The summed E-state index contributed by atoms with van der Waals surface area (Å²) < 4.78 is 6.82. The average Bonchev–Trinajstić information content (AvgIpc) is 2.87. The molecule has 8 heteroatoms. The van der Waals surface area contributed by atoms with Gasteiger partial charge in [-0.05, 0) is 12.5 Å². The number of alkyl halides is 1. The molecule has 0 aliphatic carbocycles. The van der Waals surface area contributed by atoms with E-state index in [0.29, 0.717) is 30.4 Å². The largest absolute Gasteiger partial charge is 0.383 e. The van der Waals surface area contributed by atoms with Gasteiger partial charge < -0.3 is 9.30 Å². The number of nitrogens with zero attached hydrogens (tertiary/aromatic N) is 4. The second kappa shape index (κ2) is 6.64. The Bertz CT molecular complexity index is 657. The monoisotopic (exact) mass is 310 g/mol. The van der Waals surface area contributed by atoms with Crippen LogP contribution in [0.2, 0.25) is 0 Å². The molecule has 0 saturated carbocycles. The Morgan fingerprint density at radius 2 is 2.19 bits per heavy atom. The first kappa shape index (κ1) is 15.4. The van der Waals surface area contributed by atoms with Crippen LogP contribution in [-0.2, 0) is 17.2 Å². The van der Waals surface area contributed by atoms with Gasteiger partial charge in [0.05, 0.1) is 23.0 Å². The molecule has 1 aromatic carbocycles. The molecule has 0 radical (unpaired) electrons. The lowest BCUT2D eigenvalue weighted by molar-refractivity contribution is -0.384. The zero-order valence-electron chi connectivity index (χ0n) is 11.7. The third-order valence-electron chi connectivity index (χ3n) is 3.14. The fourth-order valence-corrected chi connectivity index (χ4v) is 2.33. The molecule has 21 heavy (non-hydrogen) atoms. The van der Waals surface area contributed by atoms with E-state index in [0.717, 1.165) is 5.56 Å². The van der Waals surface area contributed by atoms with Gasteiger partial charge in [-0.3, -0.25) is 10.1 Å². The van der Waals surface area contributed by atoms with Gasteiger partial charge in [-0.15, -0.1) is 21.8 Å². The van der Waals surface area contributed by atoms with Crippen molar-refractivity contribution in [2.75, 3.05) is 13.7 Å². The van der Waals surface area contributed by atoms with E-state index in [9.17, 15) is 10.1 Å². The van der Waals surface area contributed by atoms with Crippen molar-refractivity contribution in [3.63, 3.8) is 0 Å². The van der Waals surface area contributed by atoms with Gasteiger partial charge in [0.1, 0.15) is 5.82 Å². The van der Waals surface area contributed by atoms with E-state index in [1.165, 1.54) is 6.07 Å². The number of benzene rings is 1. The summed E-state index contributed by atoms with van der Waals surface area (Å²) in [6.07, 6.45) is 0. The summed E-state index contributed by atoms with van der Waals surface area (Å²) in [5.41, 5.74) is 1.22. The number of nitro benzene ring substituents is 1. The molecule has 1 heterocycles. The predicted molar refractivity (Wildman–Crippen MR) is 78.3 cm³/mol. The number of aryl methyl sites for hydroxylation is 1. The summed E-state index contributed by atoms with van der Waals surface area (Å²) in [6.45, 7) is 2.72. The van der Waals surface area contributed by atoms with Crippen LogP contribution in [0.1, 0.15) is 11.4 Å². The summed E-state index contributed by atoms with van der Waals surface area (Å²) in [5.74, 6) is 1.17. The van der Waals surface area contributed by atoms with Crippen LogP contribution >= 0.6 is 11.6 Å². The minimum Gasteiger partial charge on any atom is -0.383 e. The lowest BCUT2D eigenvalue weighted by Crippen LogP contribution is -2.10. The number of nitro groups is 1. The average molecular weight is 311 g/mol. The van der Waals surface area contributed by atoms with Crippen molar-refractivity contribution in [2.24, 2.45) is 0 Å². The molecule has 0 amide bonds. The number of halogens is 1. The van der Waals surface area contributed by atoms with E-state index in [4.69, 9.17) is 16.3 Å². The fourth-order valence-electron chi connectivity index (χ4n) is 2.13. The first-order valence-electron chi connectivity index (χ1n) is 6.31. The van der Waals surface area contributed by atoms with Crippen molar-refractivity contribution >= 4 is 17.3 Å². The molecule has 0 saturated heterocycles. The molecule has 0 aliphatic rings. The van der Waals surface area contributed by atoms with Crippen molar-refractivity contribution in [2.45, 2.75) is 19.3 Å². The topological polar surface area (TPSA) is 83.1 Å². The van der Waals surface area contributed by atoms with Crippen LogP contribution in [0, 0.1) is 17.0 Å². The smallest absolute Gasteiger partial charge is 0.280 e. The molecule has 0 aliphatic heterocycles. The van der Waals surface area contributed by atoms with Crippen molar-refractivity contribution < 1.29 is 9.66 Å². The molecule has 112 valence electrons. The highest BCUT2D eigenvalue weighted by Crippen LogP contribution is 2.32. The van der Waals surface area contributed by atoms with Crippen LogP contribution in [0.4, 0.5) is 5.69 Å². The van der Waals surface area contributed by atoms with Crippen molar-refractivity contribution in [1.29, 1.82) is 0 Å². The van der Waals surface area contributed by atoms with Crippen LogP contribution in [0.5, 0.6) is 0 Å². The zero-order chi connectivity index (χ0) is 15.4. The van der Waals surface area contributed by atoms with Gasteiger partial charge in [0.2, 0.25) is 0 Å². The molecule has 0 unspecified atom stereocenters. The van der Waals surface area contributed by atoms with Crippen LogP contribution in [0.15, 0.2) is 18.2 Å². The highest BCUT2D eigenvalue weighted by atomic mass is 35.5. The number of hydrogen-bond acceptors (Lipinski definition) is 5. The third kappa shape index (κ3) is 3.03. The third-order valence-corrected chi connectivity index (χ3v) is 3.38. The van der Waals surface area contributed by atoms with Gasteiger partial charge in [-0.2, -0.15) is 0 Å². The molecular weight excluding hydrogens is 296 g/mol. The maximum Gasteiger partial charge on any atom is 0.280 e. The number of methoxy groups -OCH3 is 1. The Morgan fingerprint density at radius 1 is 1.43 bits per heavy atom. The number of hydrogen-bond donors (Lipinski definition) is 0. The lowest BCUT2D eigenvalue weighted by atomic mass is 10.1. The normalized spacial score (nSPS) is 10.8. The van der Waals surface area contributed by atoms with E-state index < -0.39 is 4.92 Å². The molecule has 1 aromatic heterocycles. The molecule has 0 atom stereocenters. The molecule has 0 N–H and O–H groups in total. The Kier molecular flexibility index (Phi) is 4.87. The number of ether oxygens (including phenoxy) is 1. The first-order chi connectivity index (χ1) is 10.1. The summed E-state index contributed by atoms with van der Waals surface area (Å²) in [6, 6.07) is 4.91. The Hall–Kier alpha value is -1.99. The molecule has 2 rings (SSSR count). The van der Waals surface area contributed by atoms with Crippen LogP contribution in [-0.4, -0.2) is 33.4 Å². The Labute approximate surface area is 126 Å². The van der Waals surface area contributed by atoms with Gasteiger partial charge in [-0.25, -0.2) is 0 Å². The zero-order valence-corrected chi connectivity index (χ0v) is 12.5. The summed E-state index contributed by atoms with van der Waals surface area (Å²) in [4.78, 5) is 10.8. The first-order valence-corrected chi connectivity index (χ1v) is 6.85. The van der Waals surface area contributed by atoms with E-state index in [1.807, 2.05) is 0 Å². The van der Waals surface area contributed by atoms with E-state index in [2.05, 4.69) is 10.2 Å². The molecule has 2 aromatic rings. The molecular formula is C13H15ClN4O3. The number of aromatic nitrogens is 3. The second-order valence-corrected chi connectivity index (χ2v) is 4.71. The predicted octanol–water partition coefficient (Wildman–Crippen LogP) is 2.55. The molecule has 7 nitrogen and oxygen atoms in total. The van der Waals surface area contributed by atoms with Gasteiger partial charge in [-0.1, -0.05) is 12.1 Å². The Morgan fingerprint density at radius 3 is 2.81 bits per heavy atom. The van der Waals surface area contributed by atoms with Gasteiger partial charge in [0, 0.05) is 19.7 Å². The minimum absolute atomic E-state index is 0.00203. The lowest BCUT2D eigenvalue weighted by Gasteiger charge is -2.10. The van der Waals surface area contributed by atoms with Crippen LogP contribution in [0.25, 0.3) is 11.4 Å². The van der Waals surface area contributed by atoms with Gasteiger partial charge in [0.15, 0.2) is 5.82 Å². The Balaban J connectivity index is 2.61. The van der Waals surface area contributed by atoms with Crippen molar-refractivity contribution in [1.82, 2.24) is 14.8 Å². The SMILES string of the molecule is COCCn1c(CCl)nnc1-c1c(C)cccc1[N+](=O)[O-].